The van der Waals surface area contributed by atoms with E-state index in [1.54, 1.807) is 7.05 Å². The van der Waals surface area contributed by atoms with E-state index in [1.807, 2.05) is 0 Å². The van der Waals surface area contributed by atoms with Gasteiger partial charge in [0.05, 0.1) is 15.6 Å². The maximum atomic E-state index is 13.1. The molecule has 0 aromatic heterocycles. The molecule has 0 aliphatic rings. The second-order valence-electron chi connectivity index (χ2n) is 3.11. The van der Waals surface area contributed by atoms with Crippen LogP contribution in [-0.4, -0.2) is 26.0 Å². The van der Waals surface area contributed by atoms with Crippen LogP contribution in [0, 0.1) is 5.82 Å². The minimum atomic E-state index is -0.662. The number of carbonyl (C=O) groups is 1. The van der Waals surface area contributed by atoms with Gasteiger partial charge in [-0.25, -0.2) is 4.39 Å². The number of carbonyl (C=O) groups excluding carboxylic acids is 1. The van der Waals surface area contributed by atoms with Gasteiger partial charge in [0, 0.05) is 13.1 Å². The van der Waals surface area contributed by atoms with Gasteiger partial charge in [-0.05, 0) is 19.2 Å². The lowest BCUT2D eigenvalue weighted by atomic mass is 10.2. The highest BCUT2D eigenvalue weighted by Crippen LogP contribution is 2.24. The fraction of sp³-hybridized carbons (Fsp3) is 0.300. The molecule has 1 rings (SSSR count). The van der Waals surface area contributed by atoms with E-state index in [-0.39, 0.29) is 15.6 Å². The Hall–Kier alpha value is -0.840. The first-order valence-electron chi connectivity index (χ1n) is 4.63. The molecule has 3 nitrogen and oxygen atoms in total. The molecule has 0 spiro atoms. The van der Waals surface area contributed by atoms with Gasteiger partial charge in [0.25, 0.3) is 5.91 Å². The van der Waals surface area contributed by atoms with E-state index in [0.717, 1.165) is 6.07 Å². The zero-order valence-electron chi connectivity index (χ0n) is 8.61. The van der Waals surface area contributed by atoms with Crippen molar-refractivity contribution in [2.75, 3.05) is 20.1 Å². The second kappa shape index (κ2) is 6.03. The fourth-order valence-electron chi connectivity index (χ4n) is 1.09. The Kier molecular flexibility index (Phi) is 4.99. The molecular weight excluding hydrogens is 254 g/mol. The van der Waals surface area contributed by atoms with Crippen molar-refractivity contribution in [2.45, 2.75) is 0 Å². The first-order chi connectivity index (χ1) is 7.56. The van der Waals surface area contributed by atoms with Crippen molar-refractivity contribution in [2.24, 2.45) is 0 Å². The highest BCUT2D eigenvalue weighted by molar-refractivity contribution is 6.36. The Labute approximate surface area is 103 Å². The van der Waals surface area contributed by atoms with Crippen LogP contribution in [0.2, 0.25) is 10.0 Å². The summed E-state index contributed by atoms with van der Waals surface area (Å²) in [6.07, 6.45) is 0. The lowest BCUT2D eigenvalue weighted by molar-refractivity contribution is 0.0954. The summed E-state index contributed by atoms with van der Waals surface area (Å²) in [4.78, 5) is 11.6. The molecule has 0 fully saturated rings. The molecule has 6 heteroatoms. The second-order valence-corrected chi connectivity index (χ2v) is 3.92. The van der Waals surface area contributed by atoms with Crippen molar-refractivity contribution in [3.05, 3.63) is 33.6 Å². The first kappa shape index (κ1) is 13.2. The summed E-state index contributed by atoms with van der Waals surface area (Å²) in [5, 5.41) is 5.49. The summed E-state index contributed by atoms with van der Waals surface area (Å²) in [7, 11) is 1.76. The highest BCUT2D eigenvalue weighted by atomic mass is 35.5. The van der Waals surface area contributed by atoms with Gasteiger partial charge in [0.1, 0.15) is 5.82 Å². The maximum Gasteiger partial charge on any atom is 0.252 e. The number of nitrogens with one attached hydrogen (secondary N) is 2. The lowest BCUT2D eigenvalue weighted by Crippen LogP contribution is -2.30. The summed E-state index contributed by atoms with van der Waals surface area (Å²) in [5.74, 6) is -1.08. The smallest absolute Gasteiger partial charge is 0.252 e. The molecule has 1 aromatic rings. The molecule has 2 N–H and O–H groups in total. The Morgan fingerprint density at radius 1 is 1.31 bits per heavy atom. The molecular formula is C10H11Cl2FN2O. The average Bonchev–Trinajstić information content (AvgIpc) is 2.23. The van der Waals surface area contributed by atoms with Crippen molar-refractivity contribution in [1.82, 2.24) is 10.6 Å². The number of amides is 1. The summed E-state index contributed by atoms with van der Waals surface area (Å²) in [5.41, 5.74) is 0.0830. The predicted octanol–water partition coefficient (Wildman–Crippen LogP) is 2.08. The summed E-state index contributed by atoms with van der Waals surface area (Å²) in [6, 6.07) is 2.24. The Balaban J connectivity index is 2.79. The summed E-state index contributed by atoms with van der Waals surface area (Å²) < 4.78 is 13.1. The molecule has 1 amide bonds. The molecule has 0 saturated carbocycles. The third-order valence-corrected chi connectivity index (χ3v) is 2.52. The van der Waals surface area contributed by atoms with Gasteiger partial charge in [-0.15, -0.1) is 0 Å². The van der Waals surface area contributed by atoms with Crippen LogP contribution < -0.4 is 10.6 Å². The van der Waals surface area contributed by atoms with E-state index < -0.39 is 11.7 Å². The molecule has 0 unspecified atom stereocenters. The lowest BCUT2D eigenvalue weighted by Gasteiger charge is -2.07. The van der Waals surface area contributed by atoms with Crippen molar-refractivity contribution < 1.29 is 9.18 Å². The molecule has 16 heavy (non-hydrogen) atoms. The maximum absolute atomic E-state index is 13.1. The Morgan fingerprint density at radius 2 is 2.00 bits per heavy atom. The monoisotopic (exact) mass is 264 g/mol. The molecule has 0 aliphatic carbocycles. The van der Waals surface area contributed by atoms with E-state index in [9.17, 15) is 9.18 Å². The van der Waals surface area contributed by atoms with Crippen LogP contribution in [0.5, 0.6) is 0 Å². The van der Waals surface area contributed by atoms with Crippen LogP contribution in [0.1, 0.15) is 10.4 Å². The third kappa shape index (κ3) is 3.33. The van der Waals surface area contributed by atoms with Crippen LogP contribution in [0.15, 0.2) is 12.1 Å². The van der Waals surface area contributed by atoms with Gasteiger partial charge in [0.2, 0.25) is 0 Å². The van der Waals surface area contributed by atoms with Gasteiger partial charge in [0.15, 0.2) is 0 Å². The van der Waals surface area contributed by atoms with E-state index in [1.165, 1.54) is 6.07 Å². The molecule has 0 radical (unpaired) electrons. The molecule has 0 heterocycles. The van der Waals surface area contributed by atoms with Crippen LogP contribution in [-0.2, 0) is 0 Å². The van der Waals surface area contributed by atoms with E-state index in [0.29, 0.717) is 13.1 Å². The van der Waals surface area contributed by atoms with Gasteiger partial charge in [-0.1, -0.05) is 23.2 Å². The van der Waals surface area contributed by atoms with Gasteiger partial charge < -0.3 is 10.6 Å². The number of likely N-dealkylation sites (N-methyl/N-ethyl adjacent to an activating group) is 1. The number of hydrogen-bond donors (Lipinski definition) is 2. The van der Waals surface area contributed by atoms with Crippen LogP contribution in [0.4, 0.5) is 4.39 Å². The Morgan fingerprint density at radius 3 is 2.62 bits per heavy atom. The third-order valence-electron chi connectivity index (χ3n) is 1.92. The first-order valence-corrected chi connectivity index (χ1v) is 5.39. The molecule has 0 aliphatic heterocycles. The zero-order chi connectivity index (χ0) is 12.1. The van der Waals surface area contributed by atoms with Crippen LogP contribution >= 0.6 is 23.2 Å². The molecule has 0 atom stereocenters. The molecule has 1 aromatic carbocycles. The van der Waals surface area contributed by atoms with E-state index >= 15 is 0 Å². The topological polar surface area (TPSA) is 41.1 Å². The molecule has 0 saturated heterocycles. The van der Waals surface area contributed by atoms with Gasteiger partial charge in [-0.3, -0.25) is 4.79 Å². The van der Waals surface area contributed by atoms with Gasteiger partial charge >= 0.3 is 0 Å². The van der Waals surface area contributed by atoms with Crippen LogP contribution in [0.25, 0.3) is 0 Å². The van der Waals surface area contributed by atoms with Gasteiger partial charge in [-0.2, -0.15) is 0 Å². The quantitative estimate of drug-likeness (QED) is 0.646. The number of rotatable bonds is 4. The fourth-order valence-corrected chi connectivity index (χ4v) is 1.56. The summed E-state index contributed by atoms with van der Waals surface area (Å²) in [6.45, 7) is 1.06. The van der Waals surface area contributed by atoms with Crippen LogP contribution in [0.3, 0.4) is 0 Å². The SMILES string of the molecule is CNCCNC(=O)c1cc(F)c(Cl)cc1Cl. The molecule has 0 bridgehead atoms. The van der Waals surface area contributed by atoms with Crippen molar-refractivity contribution in [3.63, 3.8) is 0 Å². The Bertz CT molecular complexity index is 399. The van der Waals surface area contributed by atoms with Crippen molar-refractivity contribution in [3.8, 4) is 0 Å². The van der Waals surface area contributed by atoms with E-state index in [2.05, 4.69) is 10.6 Å². The predicted molar refractivity (Wildman–Crippen MR) is 62.7 cm³/mol. The largest absolute Gasteiger partial charge is 0.351 e. The summed E-state index contributed by atoms with van der Waals surface area (Å²) >= 11 is 11.3. The highest BCUT2D eigenvalue weighted by Gasteiger charge is 2.13. The van der Waals surface area contributed by atoms with Crippen molar-refractivity contribution in [1.29, 1.82) is 0 Å². The zero-order valence-corrected chi connectivity index (χ0v) is 10.1. The number of hydrogen-bond acceptors (Lipinski definition) is 2. The standard InChI is InChI=1S/C10H11Cl2FN2O/c1-14-2-3-15-10(16)6-4-9(13)8(12)5-7(6)11/h4-5,14H,2-3H2,1H3,(H,15,16). The average molecular weight is 265 g/mol. The van der Waals surface area contributed by atoms with E-state index in [4.69, 9.17) is 23.2 Å². The normalized spacial score (nSPS) is 10.2. The van der Waals surface area contributed by atoms with Crippen molar-refractivity contribution >= 4 is 29.1 Å². The number of benzene rings is 1. The molecule has 88 valence electrons. The number of halogens is 3. The minimum Gasteiger partial charge on any atom is -0.351 e. The minimum absolute atomic E-state index is 0.0830.